The first-order valence-electron chi connectivity index (χ1n) is 42.4. The summed E-state index contributed by atoms with van der Waals surface area (Å²) in [5.74, 6) is -22.9. The zero-order valence-electron chi connectivity index (χ0n) is 74.6. The lowest BCUT2D eigenvalue weighted by Crippen LogP contribution is -2.61. The Hall–Kier alpha value is -15.9. The number of guanidine groups is 1. The van der Waals surface area contributed by atoms with E-state index in [1.807, 2.05) is 0 Å². The van der Waals surface area contributed by atoms with Crippen LogP contribution in [0.2, 0.25) is 0 Å². The summed E-state index contributed by atoms with van der Waals surface area (Å²) in [6.07, 6.45) is 1.86. The lowest BCUT2D eigenvalue weighted by Gasteiger charge is -2.36. The number of esters is 1. The Labute approximate surface area is 765 Å². The Morgan fingerprint density at radius 3 is 1.35 bits per heavy atom. The highest BCUT2D eigenvalue weighted by molar-refractivity contribution is 6.04. The fourth-order valence-electron chi connectivity index (χ4n) is 13.8. The van der Waals surface area contributed by atoms with Crippen molar-refractivity contribution in [2.45, 2.75) is 224 Å². The third-order valence-electron chi connectivity index (χ3n) is 21.5. The molecule has 29 N–H and O–H groups in total. The molecule has 50 nitrogen and oxygen atoms in total. The molecule has 0 saturated carbocycles. The molecule has 0 radical (unpaired) electrons. The van der Waals surface area contributed by atoms with Gasteiger partial charge in [0.25, 0.3) is 5.91 Å². The van der Waals surface area contributed by atoms with E-state index >= 15 is 0 Å². The number of phenolic OH excluding ortho intramolecular Hbond substituents is 2. The number of hydrogen-bond acceptors (Lipinski definition) is 27. The van der Waals surface area contributed by atoms with E-state index in [1.165, 1.54) is 121 Å². The Balaban J connectivity index is 0.926. The molecule has 1 spiro atoms. The second-order valence-electron chi connectivity index (χ2n) is 32.3. The van der Waals surface area contributed by atoms with Crippen molar-refractivity contribution in [2.24, 2.45) is 29.0 Å². The number of primary amides is 2. The highest BCUT2D eigenvalue weighted by atomic mass is 16.6. The predicted molar refractivity (Wildman–Crippen MR) is 466 cm³/mol. The molecule has 17 amide bonds. The molecular weight excluding hydrogens is 1760 g/mol. The summed E-state index contributed by atoms with van der Waals surface area (Å²) in [6, 6.07) is -9.51. The number of aromatic hydroxyl groups is 2. The first kappa shape index (κ1) is 105. The van der Waals surface area contributed by atoms with Crippen LogP contribution in [0.15, 0.2) is 79.6 Å². The number of imidazole rings is 2. The summed E-state index contributed by atoms with van der Waals surface area (Å²) < 4.78 is 12.1. The van der Waals surface area contributed by atoms with Gasteiger partial charge in [0.2, 0.25) is 94.5 Å². The number of rotatable bonds is 50. The van der Waals surface area contributed by atoms with Gasteiger partial charge in [-0.3, -0.25) is 91.7 Å². The van der Waals surface area contributed by atoms with Crippen molar-refractivity contribution in [1.82, 2.24) is 105 Å². The maximum atomic E-state index is 14.3. The minimum absolute atomic E-state index is 0.0357. The molecule has 0 unspecified atom stereocenters. The average Bonchev–Trinajstić information content (AvgIpc) is 1.51. The number of fused-ring (bicyclic) bond motifs is 6. The number of amides is 17. The van der Waals surface area contributed by atoms with E-state index < -0.39 is 253 Å². The normalized spacial score (nSPS) is 15.3. The maximum absolute atomic E-state index is 14.3. The van der Waals surface area contributed by atoms with Crippen LogP contribution < -0.4 is 107 Å². The Kier molecular flexibility index (Phi) is 37.8. The van der Waals surface area contributed by atoms with Crippen molar-refractivity contribution >= 4 is 124 Å². The number of phenols is 2. The smallest absolute Gasteiger partial charge is 0.340 e. The van der Waals surface area contributed by atoms with Crippen molar-refractivity contribution in [3.05, 3.63) is 119 Å². The monoisotopic (exact) mass is 1870 g/mol. The summed E-state index contributed by atoms with van der Waals surface area (Å²) in [7, 11) is 0. The molecule has 5 aromatic rings. The topological polar surface area (TPSA) is 793 Å². The third-order valence-corrected chi connectivity index (χ3v) is 21.5. The molecule has 724 valence electrons. The van der Waals surface area contributed by atoms with Gasteiger partial charge in [0.15, 0.2) is 11.6 Å². The Bertz CT molecular complexity index is 5190. The molecular formula is C84H112N24O26. The van der Waals surface area contributed by atoms with Crippen molar-refractivity contribution in [2.75, 3.05) is 13.1 Å². The summed E-state index contributed by atoms with van der Waals surface area (Å²) >= 11 is 0. The van der Waals surface area contributed by atoms with E-state index in [1.54, 1.807) is 20.8 Å². The fraction of sp³-hybridized carbons (Fsp3) is 0.464. The van der Waals surface area contributed by atoms with Crippen LogP contribution in [0, 0.1) is 17.2 Å². The van der Waals surface area contributed by atoms with Gasteiger partial charge in [0.05, 0.1) is 42.6 Å². The van der Waals surface area contributed by atoms with Gasteiger partial charge in [-0.1, -0.05) is 34.1 Å². The summed E-state index contributed by atoms with van der Waals surface area (Å²) in [6.45, 7) is 12.9. The summed E-state index contributed by atoms with van der Waals surface area (Å²) in [4.78, 5) is 283. The SMILES string of the molecule is CC[C@H](C)[C@H](NC(=O)[C@H](C)NC(=O)[C@H](C)NC(=O)[C@H](Cc1c[nH]cn1)NC(=O)[C@H](C)NC(=O)[C@H](C)NC(=O)[C@H](Cc1c[nH]cn1)NC(=O)[C@@H](NC(=O)[C@H](C)NC(=O)[C@H](CCC(N)=O)NC(=O)c1ccc2c(c1)C1(OC2=O)c2ccc(O)cc2Oc2cc(O)ccc21)C(C)C)C(=O)N[C@@H](CC(N)=O)C(=O)N[C@@H](CCC(=O)O)C(=O)N[C@@H](C)C(=O)NCC(=O)N[C@@H](CCCNC(=N)N)C(=O)O. The number of nitrogens with two attached hydrogens (primary N) is 3. The summed E-state index contributed by atoms with van der Waals surface area (Å²) in [5.41, 5.74) is 15.4. The molecule has 7 rings (SSSR count). The van der Waals surface area contributed by atoms with E-state index in [-0.39, 0.29) is 113 Å². The van der Waals surface area contributed by atoms with Crippen LogP contribution in [-0.4, -0.2) is 262 Å². The van der Waals surface area contributed by atoms with Gasteiger partial charge >= 0.3 is 17.9 Å². The highest BCUT2D eigenvalue weighted by Crippen LogP contribution is 2.57. The lowest BCUT2D eigenvalue weighted by atomic mass is 9.77. The summed E-state index contributed by atoms with van der Waals surface area (Å²) in [5, 5.41) is 85.7. The van der Waals surface area contributed by atoms with E-state index in [0.717, 1.165) is 6.92 Å². The zero-order chi connectivity index (χ0) is 99.4. The standard InChI is InChI=1S/C84H112N24O26/c1-11-37(4)66(80(129)106-58(30-62(86)112)78(127)103-54(21-23-64(114)115)75(124)97-38(5)67(116)92-33-63(113)101-55(81(130)131)13-12-24-91-83(87)88)108-72(121)42(9)96-69(118)40(7)99-76(125)56(26-45-31-89-34-93-45)104-70(119)41(8)95-68(117)39(6)100-77(126)57(27-46-32-90-35-94-46)105-79(128)65(36(2)3)107-71(120)43(10)98-74(123)53(20-22-61(85)111)102-73(122)44-14-17-49-52(25-44)84(134-82(49)132)50-18-15-47(109)28-59(50)133-60-29-48(110)16-19-51(60)84/h14-19,25,28-29,31-32,34-43,53-58,65-66,109-110H,11-13,20-24,26-27,30,33H2,1-10H3,(H2,85,111)(H2,86,112)(H,89,93)(H,90,94)(H,92,116)(H,95,117)(H,96,118)(H,97,124)(H,98,123)(H,99,125)(H,100,126)(H,101,113)(H,102,122)(H,103,127)(H,104,119)(H,105,128)(H,106,129)(H,107,120)(H,108,121)(H,114,115)(H,130,131)(H4,87,88,91)/t37-,38-,39-,40-,41-,42-,43-,53-,54-,55-,56-,57-,58-,65-,66-/m0/s1. The molecule has 50 heteroatoms. The van der Waals surface area contributed by atoms with Gasteiger partial charge in [-0.25, -0.2) is 19.6 Å². The Morgan fingerprint density at radius 1 is 0.455 bits per heavy atom. The van der Waals surface area contributed by atoms with Crippen LogP contribution in [0.3, 0.4) is 0 Å². The zero-order valence-corrected chi connectivity index (χ0v) is 74.6. The minimum Gasteiger partial charge on any atom is -0.508 e. The lowest BCUT2D eigenvalue weighted by molar-refractivity contribution is -0.142. The second kappa shape index (κ2) is 48.2. The number of ether oxygens (including phenoxy) is 2. The van der Waals surface area contributed by atoms with Gasteiger partial charge in [0, 0.05) is 79.0 Å². The average molecular weight is 1870 g/mol. The van der Waals surface area contributed by atoms with Crippen molar-refractivity contribution in [3.63, 3.8) is 0 Å². The first-order valence-corrected chi connectivity index (χ1v) is 42.4. The van der Waals surface area contributed by atoms with Crippen LogP contribution in [0.4, 0.5) is 0 Å². The molecule has 3 aromatic carbocycles. The van der Waals surface area contributed by atoms with E-state index in [2.05, 4.69) is 105 Å². The number of carboxylic acids is 2. The van der Waals surface area contributed by atoms with Gasteiger partial charge in [-0.15, -0.1) is 0 Å². The van der Waals surface area contributed by atoms with Crippen LogP contribution >= 0.6 is 0 Å². The Morgan fingerprint density at radius 2 is 0.888 bits per heavy atom. The molecule has 15 atom stereocenters. The molecule has 2 aliphatic heterocycles. The number of aromatic amines is 2. The fourth-order valence-corrected chi connectivity index (χ4v) is 13.8. The maximum Gasteiger partial charge on any atom is 0.340 e. The molecule has 0 bridgehead atoms. The minimum atomic E-state index is -1.91. The van der Waals surface area contributed by atoms with Crippen molar-refractivity contribution in [3.8, 4) is 23.0 Å². The number of H-pyrrole nitrogens is 2. The number of benzene rings is 3. The number of carboxylic acid groups (broad SMARTS) is 2. The van der Waals surface area contributed by atoms with Crippen molar-refractivity contribution < 1.29 is 126 Å². The largest absolute Gasteiger partial charge is 0.508 e. The second-order valence-corrected chi connectivity index (χ2v) is 32.3. The number of carbonyl (C=O) groups excluding carboxylic acids is 18. The van der Waals surface area contributed by atoms with Gasteiger partial charge in [0.1, 0.15) is 108 Å². The van der Waals surface area contributed by atoms with Crippen LogP contribution in [0.25, 0.3) is 0 Å². The number of aliphatic carboxylic acids is 2. The molecule has 0 fully saturated rings. The number of aromatic nitrogens is 4. The molecule has 2 aromatic heterocycles. The quantitative estimate of drug-likeness (QED) is 0.00747. The first-order chi connectivity index (χ1) is 63.1. The van der Waals surface area contributed by atoms with Crippen LogP contribution in [0.1, 0.15) is 169 Å². The van der Waals surface area contributed by atoms with Crippen molar-refractivity contribution in [1.29, 1.82) is 5.41 Å². The van der Waals surface area contributed by atoms with E-state index in [4.69, 9.17) is 32.1 Å². The van der Waals surface area contributed by atoms with E-state index in [0.29, 0.717) is 0 Å². The molecule has 4 heterocycles. The molecule has 0 aliphatic carbocycles. The number of carbonyl (C=O) groups is 20. The molecule has 0 saturated heterocycles. The number of hydrogen-bond donors (Lipinski definition) is 26. The van der Waals surface area contributed by atoms with Crippen LogP contribution in [-0.2, 0) is 109 Å². The number of nitrogens with zero attached hydrogens (tertiary/aromatic N) is 2. The van der Waals surface area contributed by atoms with Gasteiger partial charge in [-0.05, 0) is 122 Å². The number of nitrogens with one attached hydrogen (secondary N) is 19. The van der Waals surface area contributed by atoms with Crippen LogP contribution in [0.5, 0.6) is 23.0 Å². The molecule has 134 heavy (non-hydrogen) atoms. The highest BCUT2D eigenvalue weighted by Gasteiger charge is 2.54. The molecule has 2 aliphatic rings. The predicted octanol–water partition coefficient (Wildman–Crippen LogP) is -5.71. The van der Waals surface area contributed by atoms with E-state index in [9.17, 15) is 116 Å². The van der Waals surface area contributed by atoms with Gasteiger partial charge in [-0.2, -0.15) is 0 Å². The third kappa shape index (κ3) is 29.6. The van der Waals surface area contributed by atoms with Gasteiger partial charge < -0.3 is 142 Å².